The minimum absolute atomic E-state index is 0.0214. The number of hydrogen-bond acceptors (Lipinski definition) is 4. The topological polar surface area (TPSA) is 68.2 Å². The molecule has 0 atom stereocenters. The summed E-state index contributed by atoms with van der Waals surface area (Å²) in [4.78, 5) is 13.0. The number of amides is 1. The number of benzene rings is 1. The Hall–Kier alpha value is -2.34. The Morgan fingerprint density at radius 3 is 2.70 bits per heavy atom. The van der Waals surface area contributed by atoms with Gasteiger partial charge in [-0.15, -0.1) is 0 Å². The molecule has 122 valence electrons. The quantitative estimate of drug-likeness (QED) is 0.886. The van der Waals surface area contributed by atoms with Crippen molar-refractivity contribution in [3.05, 3.63) is 42.7 Å². The molecule has 1 aromatic heterocycles. The maximum Gasteiger partial charge on any atom is 0.252 e. The van der Waals surface area contributed by atoms with Crippen molar-refractivity contribution in [2.24, 2.45) is 0 Å². The van der Waals surface area contributed by atoms with Crippen molar-refractivity contribution in [3.8, 4) is 5.75 Å². The minimum Gasteiger partial charge on any atom is -0.494 e. The second kappa shape index (κ2) is 6.83. The van der Waals surface area contributed by atoms with Crippen LogP contribution in [-0.2, 0) is 10.3 Å². The van der Waals surface area contributed by atoms with Crippen LogP contribution in [-0.4, -0.2) is 35.4 Å². The number of hydrogen-bond donors (Lipinski definition) is 2. The van der Waals surface area contributed by atoms with Crippen LogP contribution in [0, 0.1) is 0 Å². The van der Waals surface area contributed by atoms with Gasteiger partial charge in [0.15, 0.2) is 0 Å². The van der Waals surface area contributed by atoms with Crippen LogP contribution in [0.2, 0.25) is 0 Å². The summed E-state index contributed by atoms with van der Waals surface area (Å²) in [6.07, 6.45) is 5.02. The van der Waals surface area contributed by atoms with Crippen molar-refractivity contribution in [1.29, 1.82) is 0 Å². The Morgan fingerprint density at radius 2 is 2.09 bits per heavy atom. The molecule has 1 amide bonds. The molecule has 2 aromatic rings. The highest BCUT2D eigenvalue weighted by Crippen LogP contribution is 2.29. The first-order valence-electron chi connectivity index (χ1n) is 8.00. The lowest BCUT2D eigenvalue weighted by Gasteiger charge is -2.36. The smallest absolute Gasteiger partial charge is 0.252 e. The summed E-state index contributed by atoms with van der Waals surface area (Å²) in [6, 6.07) is 9.31. The van der Waals surface area contributed by atoms with E-state index in [4.69, 9.17) is 4.74 Å². The molecule has 2 N–H and O–H groups in total. The summed E-state index contributed by atoms with van der Waals surface area (Å²) in [5.74, 6) is 0.779. The van der Waals surface area contributed by atoms with Gasteiger partial charge in [-0.25, -0.2) is 0 Å². The Balaban J connectivity index is 1.79. The van der Waals surface area contributed by atoms with Gasteiger partial charge in [0, 0.05) is 18.1 Å². The van der Waals surface area contributed by atoms with Crippen molar-refractivity contribution in [2.45, 2.75) is 25.3 Å². The van der Waals surface area contributed by atoms with E-state index in [0.29, 0.717) is 6.61 Å². The average Bonchev–Trinajstić information content (AvgIpc) is 3.12. The Bertz CT molecular complexity index is 631. The van der Waals surface area contributed by atoms with Crippen LogP contribution in [0.25, 0.3) is 0 Å². The van der Waals surface area contributed by atoms with Crippen molar-refractivity contribution < 1.29 is 9.53 Å². The molecule has 0 saturated carbocycles. The van der Waals surface area contributed by atoms with Crippen LogP contribution in [0.15, 0.2) is 42.7 Å². The number of nitrogens with one attached hydrogen (secondary N) is 2. The number of aromatic nitrogens is 2. The molecule has 0 bridgehead atoms. The SMILES string of the molecule is CCOc1ccc(NC(=O)C2(n3cccn3)CCNCC2)cc1. The summed E-state index contributed by atoms with van der Waals surface area (Å²) in [7, 11) is 0. The Morgan fingerprint density at radius 1 is 1.35 bits per heavy atom. The molecular weight excluding hydrogens is 292 g/mol. The molecule has 2 heterocycles. The molecule has 0 spiro atoms. The minimum atomic E-state index is -0.632. The molecule has 1 aliphatic heterocycles. The van der Waals surface area contributed by atoms with Gasteiger partial charge in [0.1, 0.15) is 11.3 Å². The first-order chi connectivity index (χ1) is 11.2. The molecule has 6 nitrogen and oxygen atoms in total. The van der Waals surface area contributed by atoms with Crippen molar-refractivity contribution in [3.63, 3.8) is 0 Å². The van der Waals surface area contributed by atoms with E-state index in [0.717, 1.165) is 37.4 Å². The maximum absolute atomic E-state index is 13.0. The van der Waals surface area contributed by atoms with Crippen LogP contribution >= 0.6 is 0 Å². The van der Waals surface area contributed by atoms with E-state index >= 15 is 0 Å². The molecule has 23 heavy (non-hydrogen) atoms. The van der Waals surface area contributed by atoms with E-state index in [9.17, 15) is 4.79 Å². The molecule has 6 heteroatoms. The van der Waals surface area contributed by atoms with Crippen LogP contribution in [0.3, 0.4) is 0 Å². The largest absolute Gasteiger partial charge is 0.494 e. The van der Waals surface area contributed by atoms with E-state index in [1.807, 2.05) is 43.5 Å². The summed E-state index contributed by atoms with van der Waals surface area (Å²) in [5, 5.41) is 10.7. The van der Waals surface area contributed by atoms with Crippen molar-refractivity contribution in [1.82, 2.24) is 15.1 Å². The van der Waals surface area contributed by atoms with E-state index in [1.165, 1.54) is 0 Å². The van der Waals surface area contributed by atoms with Crippen molar-refractivity contribution in [2.75, 3.05) is 25.0 Å². The maximum atomic E-state index is 13.0. The zero-order valence-electron chi connectivity index (χ0n) is 13.3. The number of anilines is 1. The predicted molar refractivity (Wildman–Crippen MR) is 88.5 cm³/mol. The van der Waals surface area contributed by atoms with Gasteiger partial charge in [-0.1, -0.05) is 0 Å². The molecule has 3 rings (SSSR count). The van der Waals surface area contributed by atoms with Crippen LogP contribution in [0.4, 0.5) is 5.69 Å². The van der Waals surface area contributed by atoms with E-state index in [-0.39, 0.29) is 5.91 Å². The molecule has 0 aliphatic carbocycles. The number of piperidine rings is 1. The monoisotopic (exact) mass is 314 g/mol. The first-order valence-corrected chi connectivity index (χ1v) is 8.00. The third-order valence-corrected chi connectivity index (χ3v) is 4.22. The standard InChI is InChI=1S/C17H22N4O2/c1-2-23-15-6-4-14(5-7-15)20-16(22)17(8-11-18-12-9-17)21-13-3-10-19-21/h3-7,10,13,18H,2,8-9,11-12H2,1H3,(H,20,22). The highest BCUT2D eigenvalue weighted by Gasteiger charge is 2.41. The van der Waals surface area contributed by atoms with Crippen molar-refractivity contribution >= 4 is 11.6 Å². The van der Waals surface area contributed by atoms with Crippen LogP contribution in [0.1, 0.15) is 19.8 Å². The van der Waals surface area contributed by atoms with Gasteiger partial charge in [0.25, 0.3) is 5.91 Å². The molecule has 0 radical (unpaired) electrons. The lowest BCUT2D eigenvalue weighted by atomic mass is 9.87. The second-order valence-electron chi connectivity index (χ2n) is 5.64. The number of carbonyl (C=O) groups is 1. The third-order valence-electron chi connectivity index (χ3n) is 4.22. The molecule has 1 aromatic carbocycles. The highest BCUT2D eigenvalue weighted by atomic mass is 16.5. The molecule has 0 unspecified atom stereocenters. The lowest BCUT2D eigenvalue weighted by Crippen LogP contribution is -2.52. The van der Waals surface area contributed by atoms with Gasteiger partial charge in [-0.3, -0.25) is 9.48 Å². The van der Waals surface area contributed by atoms with Gasteiger partial charge in [0.05, 0.1) is 6.61 Å². The molecule has 1 saturated heterocycles. The van der Waals surface area contributed by atoms with Gasteiger partial charge < -0.3 is 15.4 Å². The van der Waals surface area contributed by atoms with Gasteiger partial charge >= 0.3 is 0 Å². The third kappa shape index (κ3) is 3.22. The molecule has 1 fully saturated rings. The highest BCUT2D eigenvalue weighted by molar-refractivity contribution is 5.96. The second-order valence-corrected chi connectivity index (χ2v) is 5.64. The zero-order valence-corrected chi connectivity index (χ0v) is 13.3. The van der Waals surface area contributed by atoms with E-state index in [2.05, 4.69) is 15.7 Å². The molecular formula is C17H22N4O2. The molecule has 1 aliphatic rings. The zero-order chi connectivity index (χ0) is 16.1. The number of nitrogens with zero attached hydrogens (tertiary/aromatic N) is 2. The predicted octanol–water partition coefficient (Wildman–Crippen LogP) is 2.00. The lowest BCUT2D eigenvalue weighted by molar-refractivity contribution is -0.126. The van der Waals surface area contributed by atoms with E-state index < -0.39 is 5.54 Å². The number of rotatable bonds is 5. The fourth-order valence-corrected chi connectivity index (χ4v) is 2.97. The summed E-state index contributed by atoms with van der Waals surface area (Å²) in [5.41, 5.74) is 0.136. The average molecular weight is 314 g/mol. The van der Waals surface area contributed by atoms with E-state index in [1.54, 1.807) is 10.9 Å². The Kier molecular flexibility index (Phi) is 4.62. The fraction of sp³-hybridized carbons (Fsp3) is 0.412. The summed E-state index contributed by atoms with van der Waals surface area (Å²) in [6.45, 7) is 4.18. The Labute approximate surface area is 135 Å². The van der Waals surface area contributed by atoms with Gasteiger partial charge in [0.2, 0.25) is 0 Å². The van der Waals surface area contributed by atoms with Crippen LogP contribution < -0.4 is 15.4 Å². The van der Waals surface area contributed by atoms with Crippen LogP contribution in [0.5, 0.6) is 5.75 Å². The first kappa shape index (κ1) is 15.6. The van der Waals surface area contributed by atoms with Gasteiger partial charge in [-0.2, -0.15) is 5.10 Å². The summed E-state index contributed by atoms with van der Waals surface area (Å²) < 4.78 is 7.22. The number of carbonyl (C=O) groups excluding carboxylic acids is 1. The van der Waals surface area contributed by atoms with Gasteiger partial charge in [-0.05, 0) is 63.2 Å². The normalized spacial score (nSPS) is 16.7. The summed E-state index contributed by atoms with van der Waals surface area (Å²) >= 11 is 0. The fourth-order valence-electron chi connectivity index (χ4n) is 2.97. The number of ether oxygens (including phenoxy) is 1.